The quantitative estimate of drug-likeness (QED) is 0.725. The molecule has 1 unspecified atom stereocenters. The van der Waals surface area contributed by atoms with E-state index in [9.17, 15) is 0 Å². The summed E-state index contributed by atoms with van der Waals surface area (Å²) >= 11 is 9.74. The van der Waals surface area contributed by atoms with Crippen molar-refractivity contribution >= 4 is 27.5 Å². The van der Waals surface area contributed by atoms with Crippen LogP contribution in [0.25, 0.3) is 0 Å². The molecule has 112 valence electrons. The Bertz CT molecular complexity index is 601. The zero-order valence-corrected chi connectivity index (χ0v) is 15.1. The third kappa shape index (κ3) is 4.32. The standard InChI is InChI=1S/C18H21BrClN/c1-4-21-17(11-14-6-5-7-16(20)10-14)15-8-12(2)18(19)13(3)9-15/h5-10,17,21H,4,11H2,1-3H3. The van der Waals surface area contributed by atoms with Gasteiger partial charge in [-0.1, -0.05) is 58.7 Å². The Labute approximate surface area is 140 Å². The molecule has 1 N–H and O–H groups in total. The number of nitrogens with one attached hydrogen (secondary N) is 1. The Kier molecular flexibility index (Phi) is 5.86. The van der Waals surface area contributed by atoms with Crippen LogP contribution in [-0.2, 0) is 6.42 Å². The van der Waals surface area contributed by atoms with Crippen molar-refractivity contribution in [1.29, 1.82) is 0 Å². The molecule has 0 saturated carbocycles. The van der Waals surface area contributed by atoms with Crippen molar-refractivity contribution < 1.29 is 0 Å². The lowest BCUT2D eigenvalue weighted by Crippen LogP contribution is -2.23. The van der Waals surface area contributed by atoms with Gasteiger partial charge in [0.25, 0.3) is 0 Å². The first kappa shape index (κ1) is 16.5. The molecule has 0 fully saturated rings. The van der Waals surface area contributed by atoms with E-state index in [0.29, 0.717) is 6.04 Å². The van der Waals surface area contributed by atoms with Crippen molar-refractivity contribution in [1.82, 2.24) is 5.32 Å². The maximum Gasteiger partial charge on any atom is 0.0408 e. The zero-order valence-electron chi connectivity index (χ0n) is 12.7. The van der Waals surface area contributed by atoms with Gasteiger partial charge in [0.1, 0.15) is 0 Å². The topological polar surface area (TPSA) is 12.0 Å². The molecular weight excluding hydrogens is 346 g/mol. The number of likely N-dealkylation sites (N-methyl/N-ethyl adjacent to an activating group) is 1. The average Bonchev–Trinajstić information content (AvgIpc) is 2.44. The highest BCUT2D eigenvalue weighted by molar-refractivity contribution is 9.10. The molecule has 0 aliphatic carbocycles. The van der Waals surface area contributed by atoms with Gasteiger partial charge in [-0.2, -0.15) is 0 Å². The van der Waals surface area contributed by atoms with Crippen molar-refractivity contribution in [3.63, 3.8) is 0 Å². The fourth-order valence-corrected chi connectivity index (χ4v) is 3.08. The molecule has 0 aromatic heterocycles. The summed E-state index contributed by atoms with van der Waals surface area (Å²) in [6.07, 6.45) is 0.939. The second-order valence-corrected chi connectivity index (χ2v) is 6.64. The summed E-state index contributed by atoms with van der Waals surface area (Å²) in [5.74, 6) is 0. The third-order valence-electron chi connectivity index (χ3n) is 3.64. The fraction of sp³-hybridized carbons (Fsp3) is 0.333. The van der Waals surface area contributed by atoms with Crippen LogP contribution in [-0.4, -0.2) is 6.54 Å². The molecule has 1 atom stereocenters. The van der Waals surface area contributed by atoms with E-state index >= 15 is 0 Å². The van der Waals surface area contributed by atoms with Crippen LogP contribution >= 0.6 is 27.5 Å². The van der Waals surface area contributed by atoms with Crippen LogP contribution in [0, 0.1) is 13.8 Å². The maximum atomic E-state index is 6.10. The first-order valence-electron chi connectivity index (χ1n) is 7.25. The monoisotopic (exact) mass is 365 g/mol. The smallest absolute Gasteiger partial charge is 0.0408 e. The van der Waals surface area contributed by atoms with Gasteiger partial charge in [0.05, 0.1) is 0 Å². The molecule has 0 aliphatic heterocycles. The van der Waals surface area contributed by atoms with Crippen LogP contribution in [0.2, 0.25) is 5.02 Å². The molecule has 0 amide bonds. The molecule has 0 radical (unpaired) electrons. The van der Waals surface area contributed by atoms with Gasteiger partial charge in [-0.25, -0.2) is 0 Å². The van der Waals surface area contributed by atoms with E-state index < -0.39 is 0 Å². The van der Waals surface area contributed by atoms with E-state index in [1.165, 1.54) is 26.7 Å². The van der Waals surface area contributed by atoms with E-state index in [1.807, 2.05) is 18.2 Å². The van der Waals surface area contributed by atoms with Crippen molar-refractivity contribution in [3.05, 3.63) is 68.1 Å². The van der Waals surface area contributed by atoms with Gasteiger partial charge in [-0.3, -0.25) is 0 Å². The molecule has 0 saturated heterocycles. The SMILES string of the molecule is CCNC(Cc1cccc(Cl)c1)c1cc(C)c(Br)c(C)c1. The minimum absolute atomic E-state index is 0.305. The van der Waals surface area contributed by atoms with Crippen molar-refractivity contribution in [2.45, 2.75) is 33.2 Å². The van der Waals surface area contributed by atoms with Gasteiger partial charge in [-0.05, 0) is 61.2 Å². The Balaban J connectivity index is 2.30. The molecule has 21 heavy (non-hydrogen) atoms. The summed E-state index contributed by atoms with van der Waals surface area (Å²) in [5.41, 5.74) is 5.14. The molecule has 2 aromatic rings. The first-order chi connectivity index (χ1) is 10.0. The predicted molar refractivity (Wildman–Crippen MR) is 95.2 cm³/mol. The van der Waals surface area contributed by atoms with Crippen LogP contribution in [0.1, 0.15) is 35.2 Å². The van der Waals surface area contributed by atoms with E-state index in [-0.39, 0.29) is 0 Å². The zero-order chi connectivity index (χ0) is 15.4. The summed E-state index contributed by atoms with van der Waals surface area (Å²) < 4.78 is 1.20. The largest absolute Gasteiger partial charge is 0.310 e. The minimum Gasteiger partial charge on any atom is -0.310 e. The number of hydrogen-bond acceptors (Lipinski definition) is 1. The summed E-state index contributed by atoms with van der Waals surface area (Å²) in [4.78, 5) is 0. The van der Waals surface area contributed by atoms with Gasteiger partial charge in [-0.15, -0.1) is 0 Å². The molecule has 0 heterocycles. The van der Waals surface area contributed by atoms with Crippen LogP contribution in [0.4, 0.5) is 0 Å². The number of aryl methyl sites for hydroxylation is 2. The summed E-state index contributed by atoms with van der Waals surface area (Å²) in [7, 11) is 0. The molecule has 1 nitrogen and oxygen atoms in total. The molecule has 2 aromatic carbocycles. The van der Waals surface area contributed by atoms with Crippen LogP contribution in [0.15, 0.2) is 40.9 Å². The lowest BCUT2D eigenvalue weighted by Gasteiger charge is -2.20. The second-order valence-electron chi connectivity index (χ2n) is 5.41. The van der Waals surface area contributed by atoms with E-state index in [1.54, 1.807) is 0 Å². The van der Waals surface area contributed by atoms with E-state index in [4.69, 9.17) is 11.6 Å². The Morgan fingerprint density at radius 1 is 1.14 bits per heavy atom. The number of hydrogen-bond donors (Lipinski definition) is 1. The molecule has 2 rings (SSSR count). The normalized spacial score (nSPS) is 12.4. The van der Waals surface area contributed by atoms with Gasteiger partial charge < -0.3 is 5.32 Å². The van der Waals surface area contributed by atoms with E-state index in [0.717, 1.165) is 18.0 Å². The lowest BCUT2D eigenvalue weighted by atomic mass is 9.96. The van der Waals surface area contributed by atoms with Crippen molar-refractivity contribution in [2.75, 3.05) is 6.54 Å². The first-order valence-corrected chi connectivity index (χ1v) is 8.42. The van der Waals surface area contributed by atoms with Gasteiger partial charge in [0.2, 0.25) is 0 Å². The molecule has 3 heteroatoms. The molecular formula is C18H21BrClN. The second kappa shape index (κ2) is 7.44. The van der Waals surface area contributed by atoms with Crippen LogP contribution in [0.3, 0.4) is 0 Å². The highest BCUT2D eigenvalue weighted by Gasteiger charge is 2.13. The average molecular weight is 367 g/mol. The Morgan fingerprint density at radius 3 is 2.38 bits per heavy atom. The molecule has 0 aliphatic rings. The van der Waals surface area contributed by atoms with Gasteiger partial charge >= 0.3 is 0 Å². The summed E-state index contributed by atoms with van der Waals surface area (Å²) in [5, 5.41) is 4.38. The van der Waals surface area contributed by atoms with Crippen LogP contribution in [0.5, 0.6) is 0 Å². The fourth-order valence-electron chi connectivity index (χ4n) is 2.63. The van der Waals surface area contributed by atoms with Crippen LogP contribution < -0.4 is 5.32 Å². The Morgan fingerprint density at radius 2 is 1.81 bits per heavy atom. The summed E-state index contributed by atoms with van der Waals surface area (Å²) in [6, 6.07) is 12.9. The maximum absolute atomic E-state index is 6.10. The number of benzene rings is 2. The summed E-state index contributed by atoms with van der Waals surface area (Å²) in [6.45, 7) is 7.37. The highest BCUT2D eigenvalue weighted by atomic mass is 79.9. The third-order valence-corrected chi connectivity index (χ3v) is 5.13. The predicted octanol–water partition coefficient (Wildman–Crippen LogP) is 5.61. The van der Waals surface area contributed by atoms with Crippen molar-refractivity contribution in [2.24, 2.45) is 0 Å². The molecule has 0 bridgehead atoms. The number of halogens is 2. The highest BCUT2D eigenvalue weighted by Crippen LogP contribution is 2.27. The minimum atomic E-state index is 0.305. The molecule has 0 spiro atoms. The van der Waals surface area contributed by atoms with Crippen molar-refractivity contribution in [3.8, 4) is 0 Å². The van der Waals surface area contributed by atoms with E-state index in [2.05, 4.69) is 60.2 Å². The van der Waals surface area contributed by atoms with Gasteiger partial charge in [0.15, 0.2) is 0 Å². The van der Waals surface area contributed by atoms with Gasteiger partial charge in [0, 0.05) is 15.5 Å². The Hall–Kier alpha value is -0.830. The lowest BCUT2D eigenvalue weighted by molar-refractivity contribution is 0.549. The number of rotatable bonds is 5.